The first kappa shape index (κ1) is 19.4. The van der Waals surface area contributed by atoms with Gasteiger partial charge in [0.25, 0.3) is 0 Å². The summed E-state index contributed by atoms with van der Waals surface area (Å²) in [5.74, 6) is 0.595. The van der Waals surface area contributed by atoms with Crippen LogP contribution in [0.5, 0.6) is 0 Å². The average Bonchev–Trinajstić information content (AvgIpc) is 3.39. The van der Waals surface area contributed by atoms with Crippen molar-refractivity contribution in [2.24, 2.45) is 5.16 Å². The third-order valence-electron chi connectivity index (χ3n) is 4.07. The number of rotatable bonds is 5. The molecule has 0 fully saturated rings. The number of amides is 1. The van der Waals surface area contributed by atoms with Crippen LogP contribution < -0.4 is 5.32 Å². The Morgan fingerprint density at radius 1 is 1.27 bits per heavy atom. The maximum atomic E-state index is 12.4. The number of aromatic nitrogens is 4. The SMILES string of the molecule is CO/N=C1/C=CC(c2nc(-c3ccnc(NC(C)=O)c3)sc2-c2ncc[nH]2)=CC1=O. The van der Waals surface area contributed by atoms with Gasteiger partial charge in [-0.15, -0.1) is 11.3 Å². The number of hydrogen-bond donors (Lipinski definition) is 2. The molecule has 0 aromatic carbocycles. The van der Waals surface area contributed by atoms with Gasteiger partial charge in [0, 0.05) is 36.7 Å². The van der Waals surface area contributed by atoms with Crippen LogP contribution in [0.25, 0.3) is 26.8 Å². The zero-order valence-corrected chi connectivity index (χ0v) is 16.9. The maximum Gasteiger partial charge on any atom is 0.222 e. The summed E-state index contributed by atoms with van der Waals surface area (Å²) in [7, 11) is 1.39. The van der Waals surface area contributed by atoms with Crippen molar-refractivity contribution in [2.45, 2.75) is 6.92 Å². The summed E-state index contributed by atoms with van der Waals surface area (Å²) in [5, 5.41) is 7.07. The van der Waals surface area contributed by atoms with Crippen molar-refractivity contribution in [1.82, 2.24) is 19.9 Å². The van der Waals surface area contributed by atoms with E-state index in [1.165, 1.54) is 31.4 Å². The lowest BCUT2D eigenvalue weighted by molar-refractivity contribution is -0.114. The highest BCUT2D eigenvalue weighted by molar-refractivity contribution is 7.18. The smallest absolute Gasteiger partial charge is 0.222 e. The standard InChI is InChI=1S/C20H16N6O3S/c1-11(27)24-16-10-13(5-6-21-16)20-25-17(18(30-20)19-22-7-8-23-19)12-3-4-14(26-29-2)15(28)9-12/h3-10H,1-2H3,(H,22,23)(H,21,24,27)/b26-14-. The maximum absolute atomic E-state index is 12.4. The monoisotopic (exact) mass is 420 g/mol. The highest BCUT2D eigenvalue weighted by atomic mass is 32.1. The van der Waals surface area contributed by atoms with Crippen LogP contribution in [-0.2, 0) is 14.4 Å². The minimum absolute atomic E-state index is 0.208. The number of carbonyl (C=O) groups excluding carboxylic acids is 2. The van der Waals surface area contributed by atoms with E-state index in [4.69, 9.17) is 9.82 Å². The van der Waals surface area contributed by atoms with Crippen molar-refractivity contribution in [2.75, 3.05) is 12.4 Å². The molecule has 0 saturated carbocycles. The van der Waals surface area contributed by atoms with Crippen molar-refractivity contribution < 1.29 is 14.4 Å². The average molecular weight is 420 g/mol. The lowest BCUT2D eigenvalue weighted by Crippen LogP contribution is -2.13. The van der Waals surface area contributed by atoms with Crippen LogP contribution in [-0.4, -0.2) is 44.4 Å². The lowest BCUT2D eigenvalue weighted by Gasteiger charge is -2.06. The van der Waals surface area contributed by atoms with Gasteiger partial charge in [-0.3, -0.25) is 9.59 Å². The fraction of sp³-hybridized carbons (Fsp3) is 0.100. The van der Waals surface area contributed by atoms with Crippen LogP contribution in [0.1, 0.15) is 12.6 Å². The van der Waals surface area contributed by atoms with Gasteiger partial charge in [-0.1, -0.05) is 11.2 Å². The summed E-state index contributed by atoms with van der Waals surface area (Å²) >= 11 is 1.42. The number of allylic oxidation sites excluding steroid dienone is 4. The van der Waals surface area contributed by atoms with Crippen LogP contribution in [0.15, 0.2) is 54.1 Å². The molecule has 30 heavy (non-hydrogen) atoms. The Hall–Kier alpha value is -3.92. The molecule has 0 atom stereocenters. The predicted octanol–water partition coefficient (Wildman–Crippen LogP) is 3.08. The molecule has 4 rings (SSSR count). The summed E-state index contributed by atoms with van der Waals surface area (Å²) in [4.78, 5) is 45.5. The Balaban J connectivity index is 1.79. The van der Waals surface area contributed by atoms with E-state index in [9.17, 15) is 9.59 Å². The number of ketones is 1. The number of carbonyl (C=O) groups is 2. The van der Waals surface area contributed by atoms with Gasteiger partial charge in [-0.25, -0.2) is 15.0 Å². The Bertz CT molecular complexity index is 1210. The minimum Gasteiger partial charge on any atom is -0.399 e. The molecule has 150 valence electrons. The number of hydrogen-bond acceptors (Lipinski definition) is 8. The Kier molecular flexibility index (Phi) is 5.31. The second kappa shape index (κ2) is 8.21. The molecule has 0 radical (unpaired) electrons. The minimum atomic E-state index is -0.272. The Morgan fingerprint density at radius 2 is 2.13 bits per heavy atom. The van der Waals surface area contributed by atoms with Gasteiger partial charge in [0.1, 0.15) is 29.5 Å². The van der Waals surface area contributed by atoms with Crippen molar-refractivity contribution in [3.8, 4) is 21.3 Å². The molecule has 3 aromatic rings. The Labute approximate surface area is 175 Å². The van der Waals surface area contributed by atoms with Crippen molar-refractivity contribution in [3.63, 3.8) is 0 Å². The van der Waals surface area contributed by atoms with Gasteiger partial charge in [-0.05, 0) is 24.3 Å². The summed E-state index contributed by atoms with van der Waals surface area (Å²) in [6.07, 6.45) is 9.80. The summed E-state index contributed by atoms with van der Waals surface area (Å²) < 4.78 is 0. The molecule has 3 aromatic heterocycles. The molecule has 1 aliphatic carbocycles. The van der Waals surface area contributed by atoms with E-state index in [0.717, 1.165) is 10.4 Å². The molecule has 9 nitrogen and oxygen atoms in total. The number of aromatic amines is 1. The van der Waals surface area contributed by atoms with Crippen LogP contribution >= 0.6 is 11.3 Å². The van der Waals surface area contributed by atoms with Crippen LogP contribution in [0.3, 0.4) is 0 Å². The number of imidazole rings is 1. The first-order chi connectivity index (χ1) is 14.5. The molecule has 0 saturated heterocycles. The fourth-order valence-electron chi connectivity index (χ4n) is 2.84. The predicted molar refractivity (Wildman–Crippen MR) is 114 cm³/mol. The topological polar surface area (TPSA) is 122 Å². The number of oxime groups is 1. The van der Waals surface area contributed by atoms with Crippen LogP contribution in [0, 0.1) is 0 Å². The zero-order valence-electron chi connectivity index (χ0n) is 16.0. The van der Waals surface area contributed by atoms with Gasteiger partial charge < -0.3 is 15.1 Å². The fourth-order valence-corrected chi connectivity index (χ4v) is 3.88. The molecule has 0 unspecified atom stereocenters. The van der Waals surface area contributed by atoms with E-state index in [1.807, 2.05) is 0 Å². The second-order valence-corrected chi connectivity index (χ2v) is 7.20. The van der Waals surface area contributed by atoms with Crippen LogP contribution in [0.4, 0.5) is 5.82 Å². The van der Waals surface area contributed by atoms with Crippen molar-refractivity contribution >= 4 is 40.1 Å². The molecule has 0 aliphatic heterocycles. The van der Waals surface area contributed by atoms with E-state index in [0.29, 0.717) is 27.9 Å². The van der Waals surface area contributed by atoms with Gasteiger partial charge in [0.2, 0.25) is 11.7 Å². The van der Waals surface area contributed by atoms with Gasteiger partial charge in [0.15, 0.2) is 0 Å². The molecule has 0 bridgehead atoms. The summed E-state index contributed by atoms with van der Waals surface area (Å²) in [5.41, 5.74) is 2.25. The molecule has 3 heterocycles. The number of pyridine rings is 1. The van der Waals surface area contributed by atoms with E-state index >= 15 is 0 Å². The number of nitrogens with zero attached hydrogens (tertiary/aromatic N) is 4. The highest BCUT2D eigenvalue weighted by Gasteiger charge is 2.22. The van der Waals surface area contributed by atoms with E-state index < -0.39 is 0 Å². The molecular formula is C20H16N6O3S. The number of anilines is 1. The van der Waals surface area contributed by atoms with Crippen molar-refractivity contribution in [3.05, 3.63) is 54.6 Å². The normalized spacial score (nSPS) is 14.7. The number of nitrogens with one attached hydrogen (secondary N) is 2. The highest BCUT2D eigenvalue weighted by Crippen LogP contribution is 2.38. The molecule has 1 aliphatic rings. The first-order valence-electron chi connectivity index (χ1n) is 8.85. The van der Waals surface area contributed by atoms with E-state index in [1.54, 1.807) is 42.9 Å². The number of thiazole rings is 1. The molecule has 2 N–H and O–H groups in total. The molecular weight excluding hydrogens is 404 g/mol. The van der Waals surface area contributed by atoms with Gasteiger partial charge in [-0.2, -0.15) is 0 Å². The van der Waals surface area contributed by atoms with Crippen molar-refractivity contribution in [1.29, 1.82) is 0 Å². The van der Waals surface area contributed by atoms with Gasteiger partial charge >= 0.3 is 0 Å². The second-order valence-electron chi connectivity index (χ2n) is 6.20. The first-order valence-corrected chi connectivity index (χ1v) is 9.67. The summed E-state index contributed by atoms with van der Waals surface area (Å²) in [6.45, 7) is 1.42. The lowest BCUT2D eigenvalue weighted by atomic mass is 10.0. The Morgan fingerprint density at radius 3 is 2.83 bits per heavy atom. The summed E-state index contributed by atoms with van der Waals surface area (Å²) in [6, 6.07) is 3.55. The number of H-pyrrole nitrogens is 1. The third kappa shape index (κ3) is 3.94. The molecule has 0 spiro atoms. The van der Waals surface area contributed by atoms with Crippen LogP contribution in [0.2, 0.25) is 0 Å². The molecule has 1 amide bonds. The molecule has 10 heteroatoms. The third-order valence-corrected chi connectivity index (χ3v) is 5.19. The van der Waals surface area contributed by atoms with Gasteiger partial charge in [0.05, 0.1) is 10.6 Å². The zero-order chi connectivity index (χ0) is 21.1. The largest absolute Gasteiger partial charge is 0.399 e. The quantitative estimate of drug-likeness (QED) is 0.483. The van der Waals surface area contributed by atoms with E-state index in [2.05, 4.69) is 25.4 Å². The van der Waals surface area contributed by atoms with E-state index in [-0.39, 0.29) is 17.4 Å².